The standard InChI is InChI=1S/C35H42F3N5O2/c1-6-14-45-34-28(18-26(19-40-34)30-20(3)15-23(7-2)16-21(30)4)43-13-12-25(17-22(43)5)33(44)42-32(39)27-10-11-29(35(36,37)38)41-31(27)24-8-9-24/h10-11,15-16,18-19,22,24-25H,6-9,12-14,17H2,1-5H3,(H2,39,42,44). The van der Waals surface area contributed by atoms with E-state index in [-0.39, 0.29) is 35.3 Å². The number of amides is 1. The van der Waals surface area contributed by atoms with Crippen LogP contribution in [0.15, 0.2) is 41.5 Å². The molecule has 2 fully saturated rings. The van der Waals surface area contributed by atoms with Crippen LogP contribution in [-0.2, 0) is 17.4 Å². The van der Waals surface area contributed by atoms with Gasteiger partial charge in [0, 0.05) is 41.7 Å². The van der Waals surface area contributed by atoms with Crippen molar-refractivity contribution in [2.24, 2.45) is 16.6 Å². The molecule has 240 valence electrons. The van der Waals surface area contributed by atoms with Crippen LogP contribution >= 0.6 is 0 Å². The Morgan fingerprint density at radius 2 is 1.82 bits per heavy atom. The van der Waals surface area contributed by atoms with Crippen molar-refractivity contribution >= 4 is 17.4 Å². The number of aryl methyl sites for hydroxylation is 3. The topological polar surface area (TPSA) is 93.7 Å². The number of nitrogens with two attached hydrogens (primary N) is 1. The predicted octanol–water partition coefficient (Wildman–Crippen LogP) is 7.54. The lowest BCUT2D eigenvalue weighted by molar-refractivity contribution is -0.141. The fourth-order valence-corrected chi connectivity index (χ4v) is 6.35. The maximum Gasteiger partial charge on any atom is 0.433 e. The Morgan fingerprint density at radius 3 is 2.42 bits per heavy atom. The molecule has 2 aromatic heterocycles. The number of piperidine rings is 1. The molecule has 1 saturated carbocycles. The molecule has 1 amide bonds. The second-order valence-corrected chi connectivity index (χ2v) is 12.4. The van der Waals surface area contributed by atoms with Crippen LogP contribution in [0.4, 0.5) is 18.9 Å². The van der Waals surface area contributed by atoms with Gasteiger partial charge in [0.25, 0.3) is 5.91 Å². The highest BCUT2D eigenvalue weighted by Gasteiger charge is 2.37. The smallest absolute Gasteiger partial charge is 0.433 e. The largest absolute Gasteiger partial charge is 0.476 e. The first-order valence-corrected chi connectivity index (χ1v) is 15.9. The summed E-state index contributed by atoms with van der Waals surface area (Å²) in [7, 11) is 0. The average molecular weight is 622 g/mol. The number of pyridine rings is 2. The quantitative estimate of drug-likeness (QED) is 0.196. The van der Waals surface area contributed by atoms with Crippen molar-refractivity contribution in [3.05, 3.63) is 70.2 Å². The van der Waals surface area contributed by atoms with Crippen molar-refractivity contribution in [1.82, 2.24) is 9.97 Å². The van der Waals surface area contributed by atoms with Crippen LogP contribution in [0.2, 0.25) is 0 Å². The minimum atomic E-state index is -4.55. The third-order valence-corrected chi connectivity index (χ3v) is 8.79. The number of carbonyl (C=O) groups is 1. The van der Waals surface area contributed by atoms with E-state index >= 15 is 0 Å². The minimum Gasteiger partial charge on any atom is -0.476 e. The fraction of sp³-hybridized carbons (Fsp3) is 0.486. The Morgan fingerprint density at radius 1 is 1.11 bits per heavy atom. The number of anilines is 1. The third-order valence-electron chi connectivity index (χ3n) is 8.79. The number of aromatic nitrogens is 2. The maximum atomic E-state index is 13.3. The van der Waals surface area contributed by atoms with Crippen LogP contribution in [0.1, 0.15) is 92.4 Å². The van der Waals surface area contributed by atoms with Gasteiger partial charge in [0.1, 0.15) is 17.2 Å². The molecular weight excluding hydrogens is 579 g/mol. The number of nitrogens with zero attached hydrogens (tertiary/aromatic N) is 4. The van der Waals surface area contributed by atoms with Gasteiger partial charge in [-0.15, -0.1) is 0 Å². The Balaban J connectivity index is 1.38. The molecule has 7 nitrogen and oxygen atoms in total. The first-order chi connectivity index (χ1) is 21.4. The highest BCUT2D eigenvalue weighted by molar-refractivity contribution is 6.05. The van der Waals surface area contributed by atoms with E-state index in [0.29, 0.717) is 37.4 Å². The van der Waals surface area contributed by atoms with E-state index in [4.69, 9.17) is 15.5 Å². The molecule has 45 heavy (non-hydrogen) atoms. The lowest BCUT2D eigenvalue weighted by Crippen LogP contribution is -2.43. The number of rotatable bonds is 9. The zero-order valence-corrected chi connectivity index (χ0v) is 26.7. The van der Waals surface area contributed by atoms with Crippen LogP contribution in [0.5, 0.6) is 5.88 Å². The number of hydrogen-bond acceptors (Lipinski definition) is 5. The first-order valence-electron chi connectivity index (χ1n) is 15.9. The van der Waals surface area contributed by atoms with Crippen molar-refractivity contribution in [3.63, 3.8) is 0 Å². The average Bonchev–Trinajstić information content (AvgIpc) is 3.85. The molecular formula is C35H42F3N5O2. The summed E-state index contributed by atoms with van der Waals surface area (Å²) in [4.78, 5) is 28.4. The molecule has 2 aliphatic rings. The van der Waals surface area contributed by atoms with Crippen molar-refractivity contribution in [2.45, 2.75) is 91.3 Å². The molecule has 0 bridgehead atoms. The van der Waals surface area contributed by atoms with E-state index in [2.05, 4.69) is 67.7 Å². The molecule has 3 heterocycles. The van der Waals surface area contributed by atoms with E-state index in [1.807, 2.05) is 6.20 Å². The molecule has 1 aromatic carbocycles. The minimum absolute atomic E-state index is 0.0235. The second-order valence-electron chi connectivity index (χ2n) is 12.4. The van der Waals surface area contributed by atoms with Gasteiger partial charge in [-0.1, -0.05) is 26.0 Å². The summed E-state index contributed by atoms with van der Waals surface area (Å²) in [5.41, 5.74) is 12.6. The number of ether oxygens (including phenoxy) is 1. The molecule has 2 unspecified atom stereocenters. The predicted molar refractivity (Wildman–Crippen MR) is 171 cm³/mol. The molecule has 1 aliphatic carbocycles. The molecule has 0 spiro atoms. The van der Waals surface area contributed by atoms with Crippen LogP contribution in [0, 0.1) is 19.8 Å². The van der Waals surface area contributed by atoms with Crippen LogP contribution < -0.4 is 15.4 Å². The monoisotopic (exact) mass is 621 g/mol. The number of carbonyl (C=O) groups excluding carboxylic acids is 1. The molecule has 1 aliphatic heterocycles. The highest BCUT2D eigenvalue weighted by atomic mass is 19.4. The van der Waals surface area contributed by atoms with Gasteiger partial charge < -0.3 is 15.4 Å². The van der Waals surface area contributed by atoms with Crippen molar-refractivity contribution < 1.29 is 22.7 Å². The van der Waals surface area contributed by atoms with Gasteiger partial charge in [-0.25, -0.2) is 9.97 Å². The van der Waals surface area contributed by atoms with E-state index in [0.717, 1.165) is 48.6 Å². The lowest BCUT2D eigenvalue weighted by atomic mass is 9.90. The molecule has 2 atom stereocenters. The first kappa shape index (κ1) is 32.4. The molecule has 1 saturated heterocycles. The van der Waals surface area contributed by atoms with Gasteiger partial charge in [0.05, 0.1) is 12.3 Å². The molecule has 2 N–H and O–H groups in total. The number of amidine groups is 1. The zero-order valence-electron chi connectivity index (χ0n) is 26.7. The van der Waals surface area contributed by atoms with Crippen molar-refractivity contribution in [3.8, 4) is 17.0 Å². The summed E-state index contributed by atoms with van der Waals surface area (Å²) in [6.07, 6.45) is 1.70. The van der Waals surface area contributed by atoms with Crippen LogP contribution in [0.25, 0.3) is 11.1 Å². The van der Waals surface area contributed by atoms with Crippen LogP contribution in [-0.4, -0.2) is 40.9 Å². The molecule has 10 heteroatoms. The summed E-state index contributed by atoms with van der Waals surface area (Å²) >= 11 is 0. The Labute approximate surface area is 263 Å². The normalized spacial score (nSPS) is 19.1. The number of hydrogen-bond donors (Lipinski definition) is 1. The molecule has 3 aromatic rings. The second kappa shape index (κ2) is 13.2. The highest BCUT2D eigenvalue weighted by Crippen LogP contribution is 2.42. The number of alkyl halides is 3. The van der Waals surface area contributed by atoms with Gasteiger partial charge in [0.2, 0.25) is 5.88 Å². The van der Waals surface area contributed by atoms with Gasteiger partial charge in [-0.05, 0) is 99.7 Å². The SMILES string of the molecule is CCCOc1ncc(-c2c(C)cc(CC)cc2C)cc1N1CCC(C(=O)N=C(N)c2ccc(C(F)(F)F)nc2C2CC2)CC1C. The third kappa shape index (κ3) is 7.15. The summed E-state index contributed by atoms with van der Waals surface area (Å²) in [5, 5.41) is 0. The van der Waals surface area contributed by atoms with Gasteiger partial charge in [-0.3, -0.25) is 4.79 Å². The van der Waals surface area contributed by atoms with Crippen molar-refractivity contribution in [1.29, 1.82) is 0 Å². The Bertz CT molecular complexity index is 1580. The number of benzene rings is 1. The number of aliphatic imine (C=N–C) groups is 1. The Hall–Kier alpha value is -3.95. The van der Waals surface area contributed by atoms with Gasteiger partial charge in [-0.2, -0.15) is 18.2 Å². The number of halogens is 3. The van der Waals surface area contributed by atoms with E-state index in [1.165, 1.54) is 22.8 Å². The summed E-state index contributed by atoms with van der Waals surface area (Å²) in [5.74, 6) is -0.339. The van der Waals surface area contributed by atoms with Crippen molar-refractivity contribution in [2.75, 3.05) is 18.1 Å². The van der Waals surface area contributed by atoms with E-state index in [9.17, 15) is 18.0 Å². The molecule has 5 rings (SSSR count). The summed E-state index contributed by atoms with van der Waals surface area (Å²) < 4.78 is 46.0. The lowest BCUT2D eigenvalue weighted by Gasteiger charge is -2.38. The zero-order chi connectivity index (χ0) is 32.5. The van der Waals surface area contributed by atoms with Gasteiger partial charge >= 0.3 is 6.18 Å². The molecule has 0 radical (unpaired) electrons. The van der Waals surface area contributed by atoms with E-state index < -0.39 is 11.9 Å². The fourth-order valence-electron chi connectivity index (χ4n) is 6.35. The summed E-state index contributed by atoms with van der Waals surface area (Å²) in [6.45, 7) is 11.7. The van der Waals surface area contributed by atoms with E-state index in [1.54, 1.807) is 0 Å². The maximum absolute atomic E-state index is 13.3. The summed E-state index contributed by atoms with van der Waals surface area (Å²) in [6, 6.07) is 8.76. The van der Waals surface area contributed by atoms with Crippen LogP contribution in [0.3, 0.4) is 0 Å². The Kier molecular flexibility index (Phi) is 9.51. The van der Waals surface area contributed by atoms with Gasteiger partial charge in [0.15, 0.2) is 0 Å².